The van der Waals surface area contributed by atoms with Crippen LogP contribution in [0.3, 0.4) is 0 Å². The minimum absolute atomic E-state index is 0.0958. The molecule has 0 aromatic carbocycles. The van der Waals surface area contributed by atoms with Crippen LogP contribution in [0.5, 0.6) is 5.88 Å². The lowest BCUT2D eigenvalue weighted by atomic mass is 9.76. The number of aromatic nitrogens is 1. The minimum Gasteiger partial charge on any atom is -0.481 e. The molecule has 1 atom stereocenters. The zero-order chi connectivity index (χ0) is 14.4. The second kappa shape index (κ2) is 6.70. The number of amides is 1. The number of methoxy groups -OCH3 is 1. The molecule has 1 saturated heterocycles. The summed E-state index contributed by atoms with van der Waals surface area (Å²) in [6.45, 7) is 3.89. The predicted octanol–water partition coefficient (Wildman–Crippen LogP) is 2.20. The summed E-state index contributed by atoms with van der Waals surface area (Å²) >= 11 is 0. The van der Waals surface area contributed by atoms with Gasteiger partial charge in [0.15, 0.2) is 0 Å². The van der Waals surface area contributed by atoms with Crippen molar-refractivity contribution in [2.24, 2.45) is 5.41 Å². The van der Waals surface area contributed by atoms with Crippen LogP contribution in [0.2, 0.25) is 0 Å². The van der Waals surface area contributed by atoms with Gasteiger partial charge in [0.2, 0.25) is 11.8 Å². The number of rotatable bonds is 5. The summed E-state index contributed by atoms with van der Waals surface area (Å²) in [5, 5.41) is 6.34. The summed E-state index contributed by atoms with van der Waals surface area (Å²) in [4.78, 5) is 16.7. The molecule has 2 heterocycles. The molecule has 1 amide bonds. The Balaban J connectivity index is 2.07. The number of hydrogen-bond acceptors (Lipinski definition) is 4. The van der Waals surface area contributed by atoms with Crippen LogP contribution >= 0.6 is 0 Å². The second-order valence-corrected chi connectivity index (χ2v) is 5.35. The van der Waals surface area contributed by atoms with Gasteiger partial charge in [-0.15, -0.1) is 0 Å². The molecule has 0 bridgehead atoms. The van der Waals surface area contributed by atoms with Crippen LogP contribution in [-0.2, 0) is 4.79 Å². The summed E-state index contributed by atoms with van der Waals surface area (Å²) in [7, 11) is 1.57. The first-order valence-corrected chi connectivity index (χ1v) is 7.22. The van der Waals surface area contributed by atoms with E-state index in [2.05, 4.69) is 22.5 Å². The molecule has 1 aliphatic rings. The number of nitrogens with zero attached hydrogens (tertiary/aromatic N) is 1. The highest BCUT2D eigenvalue weighted by atomic mass is 16.5. The minimum atomic E-state index is -0.285. The summed E-state index contributed by atoms with van der Waals surface area (Å²) in [6, 6.07) is 3.57. The van der Waals surface area contributed by atoms with Crippen LogP contribution in [0.25, 0.3) is 0 Å². The van der Waals surface area contributed by atoms with Crippen LogP contribution in [0.4, 0.5) is 5.69 Å². The fraction of sp³-hybridized carbons (Fsp3) is 0.600. The smallest absolute Gasteiger partial charge is 0.231 e. The van der Waals surface area contributed by atoms with Crippen LogP contribution in [0.15, 0.2) is 18.3 Å². The molecule has 5 nitrogen and oxygen atoms in total. The number of piperidine rings is 1. The van der Waals surface area contributed by atoms with Crippen LogP contribution < -0.4 is 15.4 Å². The first-order chi connectivity index (χ1) is 9.70. The molecule has 0 aliphatic carbocycles. The van der Waals surface area contributed by atoms with Gasteiger partial charge in [-0.05, 0) is 31.9 Å². The highest BCUT2D eigenvalue weighted by molar-refractivity contribution is 5.95. The summed E-state index contributed by atoms with van der Waals surface area (Å²) < 4.78 is 5.02. The van der Waals surface area contributed by atoms with Crippen LogP contribution in [0, 0.1) is 5.41 Å². The van der Waals surface area contributed by atoms with Gasteiger partial charge in [-0.1, -0.05) is 13.3 Å². The van der Waals surface area contributed by atoms with E-state index < -0.39 is 0 Å². The van der Waals surface area contributed by atoms with Crippen LogP contribution in [-0.4, -0.2) is 31.1 Å². The van der Waals surface area contributed by atoms with Crippen molar-refractivity contribution >= 4 is 11.6 Å². The Hall–Kier alpha value is -1.62. The Bertz CT molecular complexity index is 433. The maximum atomic E-state index is 12.6. The van der Waals surface area contributed by atoms with E-state index in [1.165, 1.54) is 0 Å². The summed E-state index contributed by atoms with van der Waals surface area (Å²) in [5.74, 6) is 0.643. The van der Waals surface area contributed by atoms with Gasteiger partial charge >= 0.3 is 0 Å². The largest absolute Gasteiger partial charge is 0.481 e. The van der Waals surface area contributed by atoms with Crippen molar-refractivity contribution in [2.75, 3.05) is 25.5 Å². The van der Waals surface area contributed by atoms with E-state index in [0.29, 0.717) is 5.88 Å². The second-order valence-electron chi connectivity index (χ2n) is 5.35. The fourth-order valence-corrected chi connectivity index (χ4v) is 2.81. The van der Waals surface area contributed by atoms with Gasteiger partial charge in [-0.25, -0.2) is 4.98 Å². The Morgan fingerprint density at radius 1 is 1.55 bits per heavy atom. The monoisotopic (exact) mass is 277 g/mol. The Morgan fingerprint density at radius 2 is 2.40 bits per heavy atom. The van der Waals surface area contributed by atoms with Crippen molar-refractivity contribution < 1.29 is 9.53 Å². The molecule has 0 radical (unpaired) electrons. The van der Waals surface area contributed by atoms with Gasteiger partial charge in [0, 0.05) is 12.6 Å². The molecule has 1 aromatic rings. The van der Waals surface area contributed by atoms with Crippen molar-refractivity contribution in [1.29, 1.82) is 0 Å². The van der Waals surface area contributed by atoms with Gasteiger partial charge in [0.05, 0.1) is 24.4 Å². The van der Waals surface area contributed by atoms with E-state index >= 15 is 0 Å². The van der Waals surface area contributed by atoms with Crippen molar-refractivity contribution in [2.45, 2.75) is 32.6 Å². The van der Waals surface area contributed by atoms with E-state index in [9.17, 15) is 4.79 Å². The molecule has 20 heavy (non-hydrogen) atoms. The van der Waals surface area contributed by atoms with Crippen molar-refractivity contribution in [3.05, 3.63) is 18.3 Å². The lowest BCUT2D eigenvalue weighted by Crippen LogP contribution is -2.48. The van der Waals surface area contributed by atoms with Gasteiger partial charge < -0.3 is 15.4 Å². The summed E-state index contributed by atoms with van der Waals surface area (Å²) in [5.41, 5.74) is 0.435. The van der Waals surface area contributed by atoms with E-state index in [-0.39, 0.29) is 11.3 Å². The predicted molar refractivity (Wildman–Crippen MR) is 78.9 cm³/mol. The average molecular weight is 277 g/mol. The molecular formula is C15H23N3O2. The van der Waals surface area contributed by atoms with E-state index in [4.69, 9.17) is 4.74 Å². The molecule has 1 unspecified atom stereocenters. The third-order valence-corrected chi connectivity index (χ3v) is 3.89. The third-order valence-electron chi connectivity index (χ3n) is 3.89. The lowest BCUT2D eigenvalue weighted by Gasteiger charge is -2.36. The van der Waals surface area contributed by atoms with Crippen molar-refractivity contribution in [3.8, 4) is 5.88 Å². The van der Waals surface area contributed by atoms with Crippen molar-refractivity contribution in [3.63, 3.8) is 0 Å². The maximum Gasteiger partial charge on any atom is 0.231 e. The number of ether oxygens (including phenoxy) is 1. The molecule has 2 N–H and O–H groups in total. The van der Waals surface area contributed by atoms with E-state index in [0.717, 1.165) is 44.5 Å². The number of carbonyl (C=O) groups excluding carboxylic acids is 1. The quantitative estimate of drug-likeness (QED) is 0.866. The number of anilines is 1. The maximum absolute atomic E-state index is 12.6. The standard InChI is InChI=1S/C15H23N3O2/c1-3-7-15(8-4-9-16-11-15)14(19)18-12-5-6-13(20-2)17-10-12/h5-6,10,16H,3-4,7-9,11H2,1-2H3,(H,18,19). The SMILES string of the molecule is CCCC1(C(=O)Nc2ccc(OC)nc2)CCCNC1. The fourth-order valence-electron chi connectivity index (χ4n) is 2.81. The van der Waals surface area contributed by atoms with Gasteiger partial charge in [-0.3, -0.25) is 4.79 Å². The summed E-state index contributed by atoms with van der Waals surface area (Å²) in [6.07, 6.45) is 5.55. The molecule has 1 aromatic heterocycles. The zero-order valence-electron chi connectivity index (χ0n) is 12.2. The van der Waals surface area contributed by atoms with Crippen molar-refractivity contribution in [1.82, 2.24) is 10.3 Å². The average Bonchev–Trinajstić information content (AvgIpc) is 2.49. The van der Waals surface area contributed by atoms with Gasteiger partial charge in [0.1, 0.15) is 0 Å². The third kappa shape index (κ3) is 3.28. The number of carbonyl (C=O) groups is 1. The molecule has 0 saturated carbocycles. The van der Waals surface area contributed by atoms with Gasteiger partial charge in [0.25, 0.3) is 0 Å². The molecule has 2 rings (SSSR count). The molecular weight excluding hydrogens is 254 g/mol. The van der Waals surface area contributed by atoms with Crippen LogP contribution in [0.1, 0.15) is 32.6 Å². The highest BCUT2D eigenvalue weighted by Gasteiger charge is 2.38. The molecule has 5 heteroatoms. The Labute approximate surface area is 120 Å². The normalized spacial score (nSPS) is 22.3. The van der Waals surface area contributed by atoms with E-state index in [1.807, 2.05) is 6.07 Å². The Kier molecular flexibility index (Phi) is 4.95. The zero-order valence-corrected chi connectivity index (χ0v) is 12.2. The first kappa shape index (κ1) is 14.8. The lowest BCUT2D eigenvalue weighted by molar-refractivity contribution is -0.127. The van der Waals surface area contributed by atoms with Gasteiger partial charge in [-0.2, -0.15) is 0 Å². The molecule has 110 valence electrons. The molecule has 1 aliphatic heterocycles. The number of hydrogen-bond donors (Lipinski definition) is 2. The number of pyridine rings is 1. The molecule has 0 spiro atoms. The highest BCUT2D eigenvalue weighted by Crippen LogP contribution is 2.33. The molecule has 1 fully saturated rings. The first-order valence-electron chi connectivity index (χ1n) is 7.22. The Morgan fingerprint density at radius 3 is 2.95 bits per heavy atom. The number of nitrogens with one attached hydrogen (secondary N) is 2. The van der Waals surface area contributed by atoms with E-state index in [1.54, 1.807) is 19.4 Å². The topological polar surface area (TPSA) is 63.2 Å².